The summed E-state index contributed by atoms with van der Waals surface area (Å²) in [5, 5.41) is 6.19. The van der Waals surface area contributed by atoms with Crippen molar-refractivity contribution in [3.05, 3.63) is 35.6 Å². The molecule has 1 heterocycles. The number of benzene rings is 1. The van der Waals surface area contributed by atoms with E-state index in [0.717, 1.165) is 12.8 Å². The fourth-order valence-corrected chi connectivity index (χ4v) is 2.28. The second kappa shape index (κ2) is 10.3. The van der Waals surface area contributed by atoms with E-state index >= 15 is 0 Å². The van der Waals surface area contributed by atoms with Crippen LogP contribution in [0.5, 0.6) is 11.5 Å². The van der Waals surface area contributed by atoms with Gasteiger partial charge in [-0.15, -0.1) is 0 Å². The average molecular weight is 390 g/mol. The quantitative estimate of drug-likeness (QED) is 0.487. The lowest BCUT2D eigenvalue weighted by molar-refractivity contribution is -0.123. The lowest BCUT2D eigenvalue weighted by Crippen LogP contribution is -2.30. The minimum Gasteiger partial charge on any atom is -0.490 e. The van der Waals surface area contributed by atoms with E-state index < -0.39 is 18.0 Å². The highest BCUT2D eigenvalue weighted by Gasteiger charge is 2.21. The zero-order chi connectivity index (χ0) is 20.5. The van der Waals surface area contributed by atoms with Crippen molar-refractivity contribution < 1.29 is 28.3 Å². The van der Waals surface area contributed by atoms with E-state index in [4.69, 9.17) is 18.7 Å². The molecule has 2 rings (SSSR count). The highest BCUT2D eigenvalue weighted by Crippen LogP contribution is 2.29. The van der Waals surface area contributed by atoms with Crippen molar-refractivity contribution in [1.29, 1.82) is 0 Å². The largest absolute Gasteiger partial charge is 0.490 e. The SMILES string of the molecule is CCCCOc1ccc(C(=O)OC(C)C(=O)Nc2cc(C)on2)cc1OCC. The van der Waals surface area contributed by atoms with Gasteiger partial charge in [0.2, 0.25) is 0 Å². The van der Waals surface area contributed by atoms with Gasteiger partial charge in [-0.3, -0.25) is 4.79 Å². The highest BCUT2D eigenvalue weighted by atomic mass is 16.5. The van der Waals surface area contributed by atoms with Gasteiger partial charge >= 0.3 is 5.97 Å². The molecule has 0 saturated carbocycles. The standard InChI is InChI=1S/C20H26N2O6/c1-5-7-10-26-16-9-8-15(12-17(16)25-6-2)20(24)27-14(4)19(23)21-18-11-13(3)28-22-18/h8-9,11-12,14H,5-7,10H2,1-4H3,(H,21,22,23). The number of anilines is 1. The van der Waals surface area contributed by atoms with Crippen molar-refractivity contribution in [3.8, 4) is 11.5 Å². The molecule has 2 aromatic rings. The van der Waals surface area contributed by atoms with Gasteiger partial charge in [0.25, 0.3) is 5.91 Å². The van der Waals surface area contributed by atoms with Crippen LogP contribution in [0, 0.1) is 6.92 Å². The molecule has 0 bridgehead atoms. The van der Waals surface area contributed by atoms with Gasteiger partial charge in [0.15, 0.2) is 23.4 Å². The summed E-state index contributed by atoms with van der Waals surface area (Å²) in [7, 11) is 0. The predicted octanol–water partition coefficient (Wildman–Crippen LogP) is 3.74. The third kappa shape index (κ3) is 6.00. The number of carbonyl (C=O) groups is 2. The van der Waals surface area contributed by atoms with Gasteiger partial charge < -0.3 is 24.1 Å². The Bertz CT molecular complexity index is 802. The number of amides is 1. The molecule has 0 saturated heterocycles. The van der Waals surface area contributed by atoms with Crippen LogP contribution in [-0.4, -0.2) is 36.4 Å². The molecule has 0 aliphatic carbocycles. The third-order valence-electron chi connectivity index (χ3n) is 3.77. The molecule has 1 amide bonds. The number of hydrogen-bond donors (Lipinski definition) is 1. The van der Waals surface area contributed by atoms with Crippen LogP contribution in [0.1, 0.15) is 49.7 Å². The minimum atomic E-state index is -1.01. The minimum absolute atomic E-state index is 0.262. The molecule has 1 aromatic heterocycles. The Hall–Kier alpha value is -3.03. The topological polar surface area (TPSA) is 99.9 Å². The number of nitrogens with one attached hydrogen (secondary N) is 1. The number of unbranched alkanes of at least 4 members (excludes halogenated alkanes) is 1. The molecule has 1 atom stereocenters. The molecule has 1 unspecified atom stereocenters. The maximum Gasteiger partial charge on any atom is 0.339 e. The summed E-state index contributed by atoms with van der Waals surface area (Å²) < 4.78 is 21.4. The van der Waals surface area contributed by atoms with Crippen molar-refractivity contribution >= 4 is 17.7 Å². The Morgan fingerprint density at radius 3 is 2.61 bits per heavy atom. The summed E-state index contributed by atoms with van der Waals surface area (Å²) in [6, 6.07) is 6.37. The Kier molecular flexibility index (Phi) is 7.86. The molecule has 152 valence electrons. The summed E-state index contributed by atoms with van der Waals surface area (Å²) in [5.41, 5.74) is 0.267. The van der Waals surface area contributed by atoms with Gasteiger partial charge in [-0.25, -0.2) is 4.79 Å². The van der Waals surface area contributed by atoms with Crippen LogP contribution >= 0.6 is 0 Å². The maximum absolute atomic E-state index is 12.4. The number of aromatic nitrogens is 1. The predicted molar refractivity (Wildman–Crippen MR) is 103 cm³/mol. The molecule has 0 aliphatic heterocycles. The first-order chi connectivity index (χ1) is 13.4. The highest BCUT2D eigenvalue weighted by molar-refractivity contribution is 5.97. The van der Waals surface area contributed by atoms with Crippen molar-refractivity contribution in [2.75, 3.05) is 18.5 Å². The molecule has 0 spiro atoms. The fourth-order valence-electron chi connectivity index (χ4n) is 2.28. The first-order valence-corrected chi connectivity index (χ1v) is 9.29. The fraction of sp³-hybridized carbons (Fsp3) is 0.450. The van der Waals surface area contributed by atoms with E-state index in [-0.39, 0.29) is 11.4 Å². The number of ether oxygens (including phenoxy) is 3. The number of carbonyl (C=O) groups excluding carboxylic acids is 2. The Labute approximate surface area is 164 Å². The zero-order valence-electron chi connectivity index (χ0n) is 16.6. The second-order valence-electron chi connectivity index (χ2n) is 6.16. The smallest absolute Gasteiger partial charge is 0.339 e. The van der Waals surface area contributed by atoms with Crippen LogP contribution in [0.3, 0.4) is 0 Å². The van der Waals surface area contributed by atoms with Crippen LogP contribution in [0.2, 0.25) is 0 Å². The van der Waals surface area contributed by atoms with E-state index in [2.05, 4.69) is 17.4 Å². The van der Waals surface area contributed by atoms with Crippen LogP contribution in [0.25, 0.3) is 0 Å². The van der Waals surface area contributed by atoms with Crippen molar-refractivity contribution in [1.82, 2.24) is 5.16 Å². The van der Waals surface area contributed by atoms with Gasteiger partial charge in [-0.2, -0.15) is 0 Å². The lowest BCUT2D eigenvalue weighted by atomic mass is 10.2. The van der Waals surface area contributed by atoms with Crippen molar-refractivity contribution in [2.45, 2.75) is 46.6 Å². The normalized spacial score (nSPS) is 11.6. The van der Waals surface area contributed by atoms with Crippen LogP contribution in [-0.2, 0) is 9.53 Å². The van der Waals surface area contributed by atoms with Crippen molar-refractivity contribution in [3.63, 3.8) is 0 Å². The van der Waals surface area contributed by atoms with Crippen LogP contribution < -0.4 is 14.8 Å². The monoisotopic (exact) mass is 390 g/mol. The molecule has 1 aromatic carbocycles. The molecule has 28 heavy (non-hydrogen) atoms. The molecule has 8 heteroatoms. The summed E-state index contributed by atoms with van der Waals surface area (Å²) >= 11 is 0. The molecule has 8 nitrogen and oxygen atoms in total. The first-order valence-electron chi connectivity index (χ1n) is 9.29. The van der Waals surface area contributed by atoms with Gasteiger partial charge in [-0.1, -0.05) is 18.5 Å². The molecule has 0 radical (unpaired) electrons. The third-order valence-corrected chi connectivity index (χ3v) is 3.77. The average Bonchev–Trinajstić information content (AvgIpc) is 3.07. The van der Waals surface area contributed by atoms with E-state index in [1.54, 1.807) is 31.2 Å². The van der Waals surface area contributed by atoms with Crippen LogP contribution in [0.4, 0.5) is 5.82 Å². The molecule has 0 aliphatic rings. The Morgan fingerprint density at radius 1 is 1.18 bits per heavy atom. The van der Waals surface area contributed by atoms with Crippen LogP contribution in [0.15, 0.2) is 28.8 Å². The van der Waals surface area contributed by atoms with Gasteiger partial charge in [-0.05, 0) is 45.4 Å². The molecular weight excluding hydrogens is 364 g/mol. The van der Waals surface area contributed by atoms with Gasteiger partial charge in [0, 0.05) is 6.07 Å². The van der Waals surface area contributed by atoms with Crippen molar-refractivity contribution in [2.24, 2.45) is 0 Å². The van der Waals surface area contributed by atoms with E-state index in [1.165, 1.54) is 6.92 Å². The maximum atomic E-state index is 12.4. The number of rotatable bonds is 10. The van der Waals surface area contributed by atoms with E-state index in [9.17, 15) is 9.59 Å². The van der Waals surface area contributed by atoms with E-state index in [0.29, 0.717) is 30.5 Å². The lowest BCUT2D eigenvalue weighted by Gasteiger charge is -2.15. The number of aryl methyl sites for hydroxylation is 1. The number of nitrogens with zero attached hydrogens (tertiary/aromatic N) is 1. The Balaban J connectivity index is 2.01. The summed E-state index contributed by atoms with van der Waals surface area (Å²) in [5.74, 6) is 0.704. The number of hydrogen-bond acceptors (Lipinski definition) is 7. The van der Waals surface area contributed by atoms with E-state index in [1.807, 2.05) is 6.92 Å². The Morgan fingerprint density at radius 2 is 1.96 bits per heavy atom. The summed E-state index contributed by atoms with van der Waals surface area (Å²) in [4.78, 5) is 24.6. The molecule has 1 N–H and O–H groups in total. The molecular formula is C20H26N2O6. The second-order valence-corrected chi connectivity index (χ2v) is 6.16. The summed E-state index contributed by atoms with van der Waals surface area (Å²) in [6.45, 7) is 8.10. The summed E-state index contributed by atoms with van der Waals surface area (Å²) in [6.07, 6.45) is 0.926. The number of esters is 1. The van der Waals surface area contributed by atoms with Gasteiger partial charge in [0.05, 0.1) is 18.8 Å². The van der Waals surface area contributed by atoms with Gasteiger partial charge in [0.1, 0.15) is 5.76 Å². The molecule has 0 fully saturated rings. The zero-order valence-corrected chi connectivity index (χ0v) is 16.6. The first kappa shape index (κ1) is 21.3.